The fraction of sp³-hybridized carbons (Fsp3) is 0.786. The zero-order valence-corrected chi connectivity index (χ0v) is 11.3. The first kappa shape index (κ1) is 15.2. The predicted molar refractivity (Wildman–Crippen MR) is 68.5 cm³/mol. The van der Waals surface area contributed by atoms with Crippen LogP contribution in [0.1, 0.15) is 60.3 Å². The molecule has 1 N–H and O–H groups in total. The van der Waals surface area contributed by atoms with E-state index in [0.29, 0.717) is 11.3 Å². The fourth-order valence-corrected chi connectivity index (χ4v) is 2.07. The van der Waals surface area contributed by atoms with Gasteiger partial charge < -0.3 is 5.11 Å². The van der Waals surface area contributed by atoms with Gasteiger partial charge in [-0.1, -0.05) is 27.7 Å². The number of carbonyl (C=O) groups is 1. The molecule has 0 rings (SSSR count). The molecule has 0 bridgehead atoms. The second-order valence-electron chi connectivity index (χ2n) is 4.40. The van der Waals surface area contributed by atoms with Crippen molar-refractivity contribution >= 4 is 5.78 Å². The van der Waals surface area contributed by atoms with Crippen LogP contribution in [0.2, 0.25) is 0 Å². The van der Waals surface area contributed by atoms with E-state index in [4.69, 9.17) is 0 Å². The van der Waals surface area contributed by atoms with Gasteiger partial charge in [0.2, 0.25) is 0 Å². The number of hydrogen-bond donors (Lipinski definition) is 1. The normalized spacial score (nSPS) is 13.2. The highest BCUT2D eigenvalue weighted by atomic mass is 16.3. The van der Waals surface area contributed by atoms with Crippen molar-refractivity contribution in [2.24, 2.45) is 11.8 Å². The minimum absolute atomic E-state index is 0.0662. The minimum Gasteiger partial charge on any atom is -0.512 e. The molecule has 0 amide bonds. The first-order valence-corrected chi connectivity index (χ1v) is 6.47. The first-order chi connectivity index (χ1) is 7.53. The van der Waals surface area contributed by atoms with Crippen LogP contribution in [0.3, 0.4) is 0 Å². The van der Waals surface area contributed by atoms with Gasteiger partial charge in [-0.25, -0.2) is 0 Å². The molecule has 94 valence electrons. The molecule has 0 heterocycles. The number of aliphatic hydroxyl groups is 1. The van der Waals surface area contributed by atoms with Crippen molar-refractivity contribution in [2.45, 2.75) is 60.3 Å². The third-order valence-electron chi connectivity index (χ3n) is 3.48. The standard InChI is InChI=1S/C14H26O2/c1-6-11(7-2)13(15)10(5)14(16)12(8-3)9-4/h11-12,15H,6-9H2,1-5H3. The monoisotopic (exact) mass is 226 g/mol. The van der Waals surface area contributed by atoms with Crippen molar-refractivity contribution in [3.63, 3.8) is 0 Å². The smallest absolute Gasteiger partial charge is 0.164 e. The Morgan fingerprint density at radius 3 is 1.62 bits per heavy atom. The van der Waals surface area contributed by atoms with Crippen LogP contribution in [0.5, 0.6) is 0 Å². The van der Waals surface area contributed by atoms with Gasteiger partial charge >= 0.3 is 0 Å². The largest absolute Gasteiger partial charge is 0.512 e. The van der Waals surface area contributed by atoms with Crippen LogP contribution in [0.4, 0.5) is 0 Å². The molecule has 0 unspecified atom stereocenters. The van der Waals surface area contributed by atoms with Crippen LogP contribution >= 0.6 is 0 Å². The molecule has 0 saturated carbocycles. The van der Waals surface area contributed by atoms with Crippen molar-refractivity contribution in [1.29, 1.82) is 0 Å². The number of carbonyl (C=O) groups excluding carboxylic acids is 1. The highest BCUT2D eigenvalue weighted by molar-refractivity contribution is 5.96. The first-order valence-electron chi connectivity index (χ1n) is 6.47. The van der Waals surface area contributed by atoms with Gasteiger partial charge in [-0.05, 0) is 32.6 Å². The summed E-state index contributed by atoms with van der Waals surface area (Å²) in [4.78, 5) is 12.1. The Balaban J connectivity index is 4.92. The maximum Gasteiger partial charge on any atom is 0.164 e. The predicted octanol–water partition coefficient (Wildman–Crippen LogP) is 4.26. The second-order valence-corrected chi connectivity index (χ2v) is 4.40. The molecule has 16 heavy (non-hydrogen) atoms. The van der Waals surface area contributed by atoms with Crippen LogP contribution in [-0.2, 0) is 4.79 Å². The van der Waals surface area contributed by atoms with Crippen LogP contribution in [0.25, 0.3) is 0 Å². The summed E-state index contributed by atoms with van der Waals surface area (Å²) in [6.45, 7) is 9.88. The lowest BCUT2D eigenvalue weighted by atomic mass is 9.89. The number of rotatable bonds is 7. The second kappa shape index (κ2) is 7.48. The molecule has 0 aromatic carbocycles. The summed E-state index contributed by atoms with van der Waals surface area (Å²) in [6.07, 6.45) is 3.47. The number of ketones is 1. The van der Waals surface area contributed by atoms with E-state index in [0.717, 1.165) is 25.7 Å². The topological polar surface area (TPSA) is 37.3 Å². The summed E-state index contributed by atoms with van der Waals surface area (Å²) in [5, 5.41) is 10.0. The molecule has 0 fully saturated rings. The summed E-state index contributed by atoms with van der Waals surface area (Å²) in [5.74, 6) is 0.631. The molecule has 0 aliphatic carbocycles. The third-order valence-corrected chi connectivity index (χ3v) is 3.48. The number of allylic oxidation sites excluding steroid dienone is 2. The van der Waals surface area contributed by atoms with Crippen LogP contribution in [0, 0.1) is 11.8 Å². The molecule has 0 spiro atoms. The van der Waals surface area contributed by atoms with Gasteiger partial charge in [0, 0.05) is 17.4 Å². The molecular weight excluding hydrogens is 200 g/mol. The van der Waals surface area contributed by atoms with E-state index in [-0.39, 0.29) is 17.6 Å². The number of Topliss-reactive ketones (excluding diaryl/α,β-unsaturated/α-hetero) is 1. The molecule has 0 radical (unpaired) electrons. The summed E-state index contributed by atoms with van der Waals surface area (Å²) in [5.41, 5.74) is 0.572. The van der Waals surface area contributed by atoms with Gasteiger partial charge in [-0.15, -0.1) is 0 Å². The molecule has 2 heteroatoms. The molecule has 0 aromatic rings. The zero-order valence-electron chi connectivity index (χ0n) is 11.3. The quantitative estimate of drug-likeness (QED) is 0.520. The Morgan fingerprint density at radius 1 is 0.938 bits per heavy atom. The van der Waals surface area contributed by atoms with E-state index < -0.39 is 0 Å². The third kappa shape index (κ3) is 3.66. The van der Waals surface area contributed by atoms with E-state index in [2.05, 4.69) is 0 Å². The number of aliphatic hydroxyl groups excluding tert-OH is 1. The zero-order chi connectivity index (χ0) is 12.7. The van der Waals surface area contributed by atoms with E-state index in [1.165, 1.54) is 0 Å². The molecule has 0 saturated heterocycles. The van der Waals surface area contributed by atoms with Crippen molar-refractivity contribution in [1.82, 2.24) is 0 Å². The Bertz CT molecular complexity index is 245. The van der Waals surface area contributed by atoms with Gasteiger partial charge in [0.15, 0.2) is 5.78 Å². The Morgan fingerprint density at radius 2 is 1.31 bits per heavy atom. The van der Waals surface area contributed by atoms with Gasteiger partial charge in [-0.2, -0.15) is 0 Å². The van der Waals surface area contributed by atoms with Gasteiger partial charge in [0.1, 0.15) is 5.76 Å². The summed E-state index contributed by atoms with van der Waals surface area (Å²) in [7, 11) is 0. The minimum atomic E-state index is 0.0662. The highest BCUT2D eigenvalue weighted by Gasteiger charge is 2.21. The summed E-state index contributed by atoms with van der Waals surface area (Å²) in [6, 6.07) is 0. The lowest BCUT2D eigenvalue weighted by molar-refractivity contribution is -0.119. The highest BCUT2D eigenvalue weighted by Crippen LogP contribution is 2.23. The average Bonchev–Trinajstić information content (AvgIpc) is 2.30. The maximum absolute atomic E-state index is 12.1. The SMILES string of the molecule is CCC(CC)C(=O)C(C)=C(O)C(CC)CC. The van der Waals surface area contributed by atoms with E-state index in [1.54, 1.807) is 6.92 Å². The van der Waals surface area contributed by atoms with E-state index in [9.17, 15) is 9.90 Å². The van der Waals surface area contributed by atoms with Crippen LogP contribution in [0.15, 0.2) is 11.3 Å². The van der Waals surface area contributed by atoms with Gasteiger partial charge in [0.05, 0.1) is 0 Å². The number of hydrogen-bond acceptors (Lipinski definition) is 2. The fourth-order valence-electron chi connectivity index (χ4n) is 2.07. The maximum atomic E-state index is 12.1. The Hall–Kier alpha value is -0.790. The van der Waals surface area contributed by atoms with Crippen molar-refractivity contribution < 1.29 is 9.90 Å². The van der Waals surface area contributed by atoms with Gasteiger partial charge in [0.25, 0.3) is 0 Å². The summed E-state index contributed by atoms with van der Waals surface area (Å²) >= 11 is 0. The van der Waals surface area contributed by atoms with Crippen LogP contribution in [-0.4, -0.2) is 10.9 Å². The van der Waals surface area contributed by atoms with Crippen molar-refractivity contribution in [2.75, 3.05) is 0 Å². The lowest BCUT2D eigenvalue weighted by Crippen LogP contribution is -2.17. The molecular formula is C14H26O2. The average molecular weight is 226 g/mol. The van der Waals surface area contributed by atoms with E-state index >= 15 is 0 Å². The van der Waals surface area contributed by atoms with Gasteiger partial charge in [-0.3, -0.25) is 4.79 Å². The van der Waals surface area contributed by atoms with Crippen molar-refractivity contribution in [3.05, 3.63) is 11.3 Å². The Labute approximate surface area is 99.7 Å². The molecule has 2 nitrogen and oxygen atoms in total. The molecule has 0 aromatic heterocycles. The van der Waals surface area contributed by atoms with E-state index in [1.807, 2.05) is 27.7 Å². The summed E-state index contributed by atoms with van der Waals surface area (Å²) < 4.78 is 0. The van der Waals surface area contributed by atoms with Crippen molar-refractivity contribution in [3.8, 4) is 0 Å². The van der Waals surface area contributed by atoms with Crippen LogP contribution < -0.4 is 0 Å². The molecule has 0 atom stereocenters. The lowest BCUT2D eigenvalue weighted by Gasteiger charge is -2.17. The Kier molecular flexibility index (Phi) is 7.11. The molecule has 0 aliphatic heterocycles. The molecule has 0 aliphatic rings.